The topological polar surface area (TPSA) is 141 Å². The third kappa shape index (κ3) is 4.94. The number of amides is 2. The van der Waals surface area contributed by atoms with Crippen molar-refractivity contribution in [2.24, 2.45) is 5.92 Å². The summed E-state index contributed by atoms with van der Waals surface area (Å²) in [5.74, 6) is -0.641. The van der Waals surface area contributed by atoms with Crippen LogP contribution in [0.1, 0.15) is 46.8 Å². The highest BCUT2D eigenvalue weighted by molar-refractivity contribution is 5.96. The zero-order chi connectivity index (χ0) is 29.4. The lowest BCUT2D eigenvalue weighted by Gasteiger charge is -2.42. The van der Waals surface area contributed by atoms with E-state index in [1.807, 2.05) is 24.3 Å². The van der Waals surface area contributed by atoms with Crippen LogP contribution in [0.5, 0.6) is 11.5 Å². The summed E-state index contributed by atoms with van der Waals surface area (Å²) in [5, 5.41) is 25.0. The lowest BCUT2D eigenvalue weighted by Crippen LogP contribution is -2.57. The van der Waals surface area contributed by atoms with Crippen molar-refractivity contribution < 1.29 is 34.1 Å². The summed E-state index contributed by atoms with van der Waals surface area (Å²) >= 11 is 0. The maximum absolute atomic E-state index is 13.8. The Morgan fingerprint density at radius 1 is 1.21 bits per heavy atom. The number of methoxy groups -OCH3 is 1. The number of aldehydes is 1. The molecule has 10 nitrogen and oxygen atoms in total. The van der Waals surface area contributed by atoms with Gasteiger partial charge in [0.25, 0.3) is 0 Å². The SMILES string of the molecule is COc1cc(C=O)cc2c1OC1C2C(C(=O)NCCO)=CC(N(CCc2cc3ccccc3[nH]2)C(=O)C2CCC2)C1O. The van der Waals surface area contributed by atoms with E-state index in [-0.39, 0.29) is 25.0 Å². The first-order chi connectivity index (χ1) is 20.4. The van der Waals surface area contributed by atoms with Gasteiger partial charge in [0.1, 0.15) is 18.5 Å². The number of carbonyl (C=O) groups excluding carboxylic acids is 3. The van der Waals surface area contributed by atoms with Gasteiger partial charge in [0.2, 0.25) is 11.8 Å². The van der Waals surface area contributed by atoms with Crippen molar-refractivity contribution in [3.63, 3.8) is 0 Å². The van der Waals surface area contributed by atoms with Crippen molar-refractivity contribution in [3.05, 3.63) is 70.9 Å². The van der Waals surface area contributed by atoms with E-state index in [4.69, 9.17) is 9.47 Å². The third-order valence-electron chi connectivity index (χ3n) is 8.72. The van der Waals surface area contributed by atoms with Gasteiger partial charge < -0.3 is 34.9 Å². The Morgan fingerprint density at radius 3 is 2.71 bits per heavy atom. The number of fused-ring (bicyclic) bond motifs is 4. The van der Waals surface area contributed by atoms with Crippen LogP contribution in [-0.4, -0.2) is 83.3 Å². The summed E-state index contributed by atoms with van der Waals surface area (Å²) in [6.07, 6.45) is 3.39. The predicted octanol–water partition coefficient (Wildman–Crippen LogP) is 2.48. The van der Waals surface area contributed by atoms with Gasteiger partial charge in [0.15, 0.2) is 11.5 Å². The molecule has 1 saturated carbocycles. The molecule has 6 rings (SSSR count). The quantitative estimate of drug-likeness (QED) is 0.273. The normalized spacial score (nSPS) is 22.8. The predicted molar refractivity (Wildman–Crippen MR) is 155 cm³/mol. The second-order valence-electron chi connectivity index (χ2n) is 11.2. The summed E-state index contributed by atoms with van der Waals surface area (Å²) in [6.45, 7) is 0.123. The van der Waals surface area contributed by atoms with Crippen molar-refractivity contribution in [1.82, 2.24) is 15.2 Å². The van der Waals surface area contributed by atoms with Crippen LogP contribution in [-0.2, 0) is 16.0 Å². The molecule has 4 N–H and O–H groups in total. The van der Waals surface area contributed by atoms with E-state index in [1.54, 1.807) is 23.1 Å². The number of para-hydroxylation sites is 1. The van der Waals surface area contributed by atoms with Crippen LogP contribution >= 0.6 is 0 Å². The molecule has 3 aliphatic rings. The smallest absolute Gasteiger partial charge is 0.247 e. The van der Waals surface area contributed by atoms with Gasteiger partial charge in [0, 0.05) is 53.3 Å². The molecule has 0 bridgehead atoms. The number of benzene rings is 2. The number of aromatic amines is 1. The van der Waals surface area contributed by atoms with Crippen LogP contribution < -0.4 is 14.8 Å². The second kappa shape index (κ2) is 11.6. The lowest BCUT2D eigenvalue weighted by atomic mass is 9.76. The van der Waals surface area contributed by atoms with Crippen molar-refractivity contribution in [2.45, 2.75) is 49.9 Å². The van der Waals surface area contributed by atoms with Gasteiger partial charge in [-0.05, 0) is 48.6 Å². The number of carbonyl (C=O) groups is 3. The number of nitrogens with zero attached hydrogens (tertiary/aromatic N) is 1. The van der Waals surface area contributed by atoms with Gasteiger partial charge in [-0.25, -0.2) is 0 Å². The van der Waals surface area contributed by atoms with E-state index in [2.05, 4.69) is 16.4 Å². The van der Waals surface area contributed by atoms with Gasteiger partial charge in [-0.3, -0.25) is 14.4 Å². The van der Waals surface area contributed by atoms with E-state index < -0.39 is 30.1 Å². The van der Waals surface area contributed by atoms with Crippen molar-refractivity contribution in [2.75, 3.05) is 26.8 Å². The van der Waals surface area contributed by atoms with Gasteiger partial charge in [0.05, 0.1) is 25.7 Å². The van der Waals surface area contributed by atoms with Crippen molar-refractivity contribution >= 4 is 29.0 Å². The fraction of sp³-hybridized carbons (Fsp3) is 0.406. The first-order valence-electron chi connectivity index (χ1n) is 14.4. The number of hydrogen-bond donors (Lipinski definition) is 4. The fourth-order valence-corrected chi connectivity index (χ4v) is 6.36. The van der Waals surface area contributed by atoms with Gasteiger partial charge in [-0.1, -0.05) is 24.6 Å². The standard InChI is InChI=1S/C32H35N3O7/c1-41-26-14-18(17-37)13-22-27-23(31(39)33-10-12-36)16-25(28(38)30(27)42-29(22)26)35(32(40)19-6-4-7-19)11-9-21-15-20-5-2-3-8-24(20)34-21/h2-3,5,8,13-17,19,25,27-28,30,34,36,38H,4,6-7,9-12H2,1H3,(H,33,39). The average Bonchev–Trinajstić information content (AvgIpc) is 3.57. The number of aliphatic hydroxyl groups is 2. The van der Waals surface area contributed by atoms with Crippen molar-refractivity contribution in [3.8, 4) is 11.5 Å². The molecule has 0 radical (unpaired) electrons. The number of hydrogen-bond acceptors (Lipinski definition) is 7. The zero-order valence-corrected chi connectivity index (χ0v) is 23.4. The summed E-state index contributed by atoms with van der Waals surface area (Å²) in [6, 6.07) is 12.4. The highest BCUT2D eigenvalue weighted by Gasteiger charge is 2.52. The third-order valence-corrected chi connectivity index (χ3v) is 8.72. The Balaban J connectivity index is 1.38. The van der Waals surface area contributed by atoms with Crippen LogP contribution in [0.2, 0.25) is 0 Å². The Kier molecular flexibility index (Phi) is 7.74. The largest absolute Gasteiger partial charge is 0.493 e. The maximum atomic E-state index is 13.8. The molecule has 10 heteroatoms. The van der Waals surface area contributed by atoms with Gasteiger partial charge >= 0.3 is 0 Å². The monoisotopic (exact) mass is 573 g/mol. The molecule has 2 aliphatic carbocycles. The average molecular weight is 574 g/mol. The number of ether oxygens (including phenoxy) is 2. The first-order valence-corrected chi connectivity index (χ1v) is 14.4. The Bertz CT molecular complexity index is 1510. The molecule has 1 aromatic heterocycles. The Labute approximate surface area is 243 Å². The van der Waals surface area contributed by atoms with E-state index in [1.165, 1.54) is 7.11 Å². The lowest BCUT2D eigenvalue weighted by molar-refractivity contribution is -0.144. The second-order valence-corrected chi connectivity index (χ2v) is 11.2. The molecule has 2 aromatic carbocycles. The van der Waals surface area contributed by atoms with Crippen LogP contribution in [0.4, 0.5) is 0 Å². The van der Waals surface area contributed by atoms with E-state index in [0.717, 1.165) is 35.9 Å². The molecule has 0 spiro atoms. The minimum absolute atomic E-state index is 0.0390. The minimum atomic E-state index is -1.16. The van der Waals surface area contributed by atoms with Gasteiger partial charge in [-0.2, -0.15) is 0 Å². The van der Waals surface area contributed by atoms with E-state index in [9.17, 15) is 24.6 Å². The van der Waals surface area contributed by atoms with E-state index in [0.29, 0.717) is 47.5 Å². The molecule has 4 unspecified atom stereocenters. The Morgan fingerprint density at radius 2 is 2.02 bits per heavy atom. The fourth-order valence-electron chi connectivity index (χ4n) is 6.36. The molecule has 1 fully saturated rings. The van der Waals surface area contributed by atoms with Crippen LogP contribution in [0, 0.1) is 5.92 Å². The highest BCUT2D eigenvalue weighted by atomic mass is 16.5. The molecule has 2 heterocycles. The van der Waals surface area contributed by atoms with Gasteiger partial charge in [-0.15, -0.1) is 0 Å². The molecular formula is C32H35N3O7. The number of rotatable bonds is 10. The van der Waals surface area contributed by atoms with Crippen LogP contribution in [0.25, 0.3) is 10.9 Å². The summed E-state index contributed by atoms with van der Waals surface area (Å²) < 4.78 is 11.8. The highest BCUT2D eigenvalue weighted by Crippen LogP contribution is 2.51. The van der Waals surface area contributed by atoms with Crippen molar-refractivity contribution in [1.29, 1.82) is 0 Å². The molecule has 2 amide bonds. The summed E-state index contributed by atoms with van der Waals surface area (Å²) in [7, 11) is 1.46. The van der Waals surface area contributed by atoms with E-state index >= 15 is 0 Å². The summed E-state index contributed by atoms with van der Waals surface area (Å²) in [5.41, 5.74) is 3.19. The molecule has 42 heavy (non-hydrogen) atoms. The molecule has 1 aliphatic heterocycles. The molecule has 3 aromatic rings. The van der Waals surface area contributed by atoms with Crippen LogP contribution in [0.3, 0.4) is 0 Å². The summed E-state index contributed by atoms with van der Waals surface area (Å²) in [4.78, 5) is 44.2. The number of aromatic nitrogens is 1. The van der Waals surface area contributed by atoms with Crippen LogP contribution in [0.15, 0.2) is 54.1 Å². The maximum Gasteiger partial charge on any atom is 0.247 e. The molecule has 220 valence electrons. The molecule has 0 saturated heterocycles. The number of H-pyrrole nitrogens is 1. The minimum Gasteiger partial charge on any atom is -0.493 e. The molecule has 4 atom stereocenters. The molecular weight excluding hydrogens is 538 g/mol. The number of aliphatic hydroxyl groups excluding tert-OH is 2. The zero-order valence-electron chi connectivity index (χ0n) is 23.4. The first kappa shape index (κ1) is 28.0. The Hall–Kier alpha value is -4.15. The number of nitrogens with one attached hydrogen (secondary N) is 2.